The van der Waals surface area contributed by atoms with Crippen molar-refractivity contribution < 1.29 is 4.42 Å². The van der Waals surface area contributed by atoms with Crippen molar-refractivity contribution in [3.63, 3.8) is 0 Å². The van der Waals surface area contributed by atoms with E-state index in [1.807, 2.05) is 36.4 Å². The van der Waals surface area contributed by atoms with Crippen LogP contribution >= 0.6 is 11.3 Å². The van der Waals surface area contributed by atoms with Gasteiger partial charge in [0.1, 0.15) is 16.2 Å². The summed E-state index contributed by atoms with van der Waals surface area (Å²) in [6.45, 7) is 0. The van der Waals surface area contributed by atoms with Gasteiger partial charge in [0.05, 0.1) is 10.2 Å². The first kappa shape index (κ1) is 30.6. The molecule has 0 spiro atoms. The van der Waals surface area contributed by atoms with Crippen molar-refractivity contribution in [2.24, 2.45) is 0 Å². The third-order valence-electron chi connectivity index (χ3n) is 10.1. The van der Waals surface area contributed by atoms with Crippen LogP contribution in [0.25, 0.3) is 110 Å². The third kappa shape index (κ3) is 5.15. The van der Waals surface area contributed by atoms with E-state index in [2.05, 4.69) is 133 Å². The lowest BCUT2D eigenvalue weighted by atomic mass is 9.92. The molecule has 0 aliphatic carbocycles. The van der Waals surface area contributed by atoms with Crippen LogP contribution in [0.1, 0.15) is 0 Å². The topological polar surface area (TPSA) is 64.7 Å². The predicted octanol–water partition coefficient (Wildman–Crippen LogP) is 13.0. The van der Waals surface area contributed by atoms with Crippen molar-refractivity contribution in [3.8, 4) is 55.9 Å². The van der Waals surface area contributed by atoms with Crippen LogP contribution < -0.4 is 0 Å². The number of rotatable bonds is 5. The van der Waals surface area contributed by atoms with Gasteiger partial charge in [-0.1, -0.05) is 133 Å². The lowest BCUT2D eigenvalue weighted by molar-refractivity contribution is 0.669. The molecule has 3 heterocycles. The van der Waals surface area contributed by atoms with Gasteiger partial charge in [-0.05, 0) is 63.0 Å². The van der Waals surface area contributed by atoms with Crippen molar-refractivity contribution >= 4 is 65.0 Å². The highest BCUT2D eigenvalue weighted by atomic mass is 32.1. The number of hydrogen-bond donors (Lipinski definition) is 0. The van der Waals surface area contributed by atoms with Gasteiger partial charge in [-0.3, -0.25) is 0 Å². The van der Waals surface area contributed by atoms with Gasteiger partial charge in [0.2, 0.25) is 0 Å². The SMILES string of the molecule is c1ccc(-c2nc(-c3ccc4ccccc4c3)nc(-c3cc(-c4cccc5oc6cc7nc(-c8ccccc8)sc7cc6c45)c4ccccc4c3)n2)cc1. The summed E-state index contributed by atoms with van der Waals surface area (Å²) in [5.41, 5.74) is 8.66. The van der Waals surface area contributed by atoms with Crippen LogP contribution in [-0.4, -0.2) is 19.9 Å². The Morgan fingerprint density at radius 3 is 1.87 bits per heavy atom. The van der Waals surface area contributed by atoms with E-state index in [1.165, 1.54) is 5.39 Å². The Labute approximate surface area is 313 Å². The molecular formula is C48H28N4OS. The summed E-state index contributed by atoms with van der Waals surface area (Å²) in [4.78, 5) is 20.3. The molecule has 0 saturated carbocycles. The first-order chi connectivity index (χ1) is 26.7. The second kappa shape index (κ2) is 12.3. The summed E-state index contributed by atoms with van der Waals surface area (Å²) in [5.74, 6) is 1.87. The number of nitrogens with zero attached hydrogens (tertiary/aromatic N) is 4. The normalized spacial score (nSPS) is 11.7. The molecule has 3 aromatic heterocycles. The molecule has 0 saturated heterocycles. The molecule has 0 atom stereocenters. The van der Waals surface area contributed by atoms with E-state index in [9.17, 15) is 0 Å². The van der Waals surface area contributed by atoms with Gasteiger partial charge < -0.3 is 4.42 Å². The maximum absolute atomic E-state index is 6.56. The summed E-state index contributed by atoms with van der Waals surface area (Å²) in [7, 11) is 0. The van der Waals surface area contributed by atoms with Gasteiger partial charge in [-0.2, -0.15) is 0 Å². The second-order valence-electron chi connectivity index (χ2n) is 13.5. The van der Waals surface area contributed by atoms with E-state index in [0.717, 1.165) is 86.7 Å². The van der Waals surface area contributed by atoms with Gasteiger partial charge in [0, 0.05) is 39.1 Å². The number of aromatic nitrogens is 4. The molecule has 54 heavy (non-hydrogen) atoms. The Hall–Kier alpha value is -7.02. The van der Waals surface area contributed by atoms with Gasteiger partial charge in [-0.25, -0.2) is 19.9 Å². The van der Waals surface area contributed by atoms with Crippen LogP contribution in [0.5, 0.6) is 0 Å². The van der Waals surface area contributed by atoms with Crippen molar-refractivity contribution in [3.05, 3.63) is 170 Å². The van der Waals surface area contributed by atoms with E-state index in [1.54, 1.807) is 11.3 Å². The van der Waals surface area contributed by atoms with Gasteiger partial charge in [0.25, 0.3) is 0 Å². The second-order valence-corrected chi connectivity index (χ2v) is 14.5. The third-order valence-corrected chi connectivity index (χ3v) is 11.2. The van der Waals surface area contributed by atoms with Crippen molar-refractivity contribution in [2.45, 2.75) is 0 Å². The summed E-state index contributed by atoms with van der Waals surface area (Å²) < 4.78 is 7.68. The average Bonchev–Trinajstić information content (AvgIpc) is 3.83. The molecule has 8 aromatic carbocycles. The zero-order chi connectivity index (χ0) is 35.6. The minimum atomic E-state index is 0.614. The lowest BCUT2D eigenvalue weighted by Gasteiger charge is -2.13. The van der Waals surface area contributed by atoms with Gasteiger partial charge in [0.15, 0.2) is 17.5 Å². The highest BCUT2D eigenvalue weighted by Crippen LogP contribution is 2.43. The average molecular weight is 709 g/mol. The van der Waals surface area contributed by atoms with Crippen LogP contribution in [0, 0.1) is 0 Å². The fourth-order valence-electron chi connectivity index (χ4n) is 7.52. The maximum atomic E-state index is 6.56. The quantitative estimate of drug-likeness (QED) is 0.178. The lowest BCUT2D eigenvalue weighted by Crippen LogP contribution is -2.00. The Morgan fingerprint density at radius 1 is 0.389 bits per heavy atom. The molecule has 5 nitrogen and oxygen atoms in total. The molecule has 11 rings (SSSR count). The Morgan fingerprint density at radius 2 is 1.06 bits per heavy atom. The first-order valence-corrected chi connectivity index (χ1v) is 18.7. The Bertz CT molecular complexity index is 3220. The molecule has 252 valence electrons. The highest BCUT2D eigenvalue weighted by Gasteiger charge is 2.19. The predicted molar refractivity (Wildman–Crippen MR) is 222 cm³/mol. The summed E-state index contributed by atoms with van der Waals surface area (Å²) in [5, 5.41) is 7.68. The van der Waals surface area contributed by atoms with E-state index in [4.69, 9.17) is 24.4 Å². The number of hydrogen-bond acceptors (Lipinski definition) is 6. The van der Waals surface area contributed by atoms with Gasteiger partial charge >= 0.3 is 0 Å². The fraction of sp³-hybridized carbons (Fsp3) is 0. The number of fused-ring (bicyclic) bond motifs is 6. The molecule has 0 bridgehead atoms. The smallest absolute Gasteiger partial charge is 0.164 e. The monoisotopic (exact) mass is 708 g/mol. The first-order valence-electron chi connectivity index (χ1n) is 17.9. The van der Waals surface area contributed by atoms with Crippen LogP contribution in [0.3, 0.4) is 0 Å². The molecule has 11 aromatic rings. The minimum absolute atomic E-state index is 0.614. The zero-order valence-corrected chi connectivity index (χ0v) is 29.6. The standard InChI is InChI=1S/C48H28N4OS/c1-3-13-30(14-4-1)45-50-46(34-23-22-29-12-7-8-17-32(29)24-34)52-47(51-45)35-25-33-18-9-10-19-36(33)38(26-35)37-20-11-21-41-44(37)39-27-43-40(28-42(39)53-41)49-48(54-43)31-15-5-2-6-16-31/h1-28H. The van der Waals surface area contributed by atoms with Crippen LogP contribution in [0.15, 0.2) is 174 Å². The molecule has 0 aliphatic rings. The Kier molecular flexibility index (Phi) is 6.97. The minimum Gasteiger partial charge on any atom is -0.456 e. The molecule has 0 aliphatic heterocycles. The van der Waals surface area contributed by atoms with E-state index < -0.39 is 0 Å². The molecule has 6 heteroatoms. The summed E-state index contributed by atoms with van der Waals surface area (Å²) in [6.07, 6.45) is 0. The maximum Gasteiger partial charge on any atom is 0.164 e. The van der Waals surface area contributed by atoms with Crippen LogP contribution in [0.4, 0.5) is 0 Å². The zero-order valence-electron chi connectivity index (χ0n) is 28.8. The summed E-state index contributed by atoms with van der Waals surface area (Å²) >= 11 is 1.71. The molecule has 0 radical (unpaired) electrons. The van der Waals surface area contributed by atoms with E-state index >= 15 is 0 Å². The number of thiazole rings is 1. The van der Waals surface area contributed by atoms with Crippen LogP contribution in [-0.2, 0) is 0 Å². The van der Waals surface area contributed by atoms with Crippen molar-refractivity contribution in [2.75, 3.05) is 0 Å². The van der Waals surface area contributed by atoms with E-state index in [0.29, 0.717) is 17.5 Å². The molecule has 0 amide bonds. The largest absolute Gasteiger partial charge is 0.456 e. The van der Waals surface area contributed by atoms with Gasteiger partial charge in [-0.15, -0.1) is 11.3 Å². The molecule has 0 N–H and O–H groups in total. The highest BCUT2D eigenvalue weighted by molar-refractivity contribution is 7.21. The molecule has 0 fully saturated rings. The number of furan rings is 1. The van der Waals surface area contributed by atoms with E-state index in [-0.39, 0.29) is 0 Å². The van der Waals surface area contributed by atoms with Crippen molar-refractivity contribution in [1.29, 1.82) is 0 Å². The van der Waals surface area contributed by atoms with Crippen LogP contribution in [0.2, 0.25) is 0 Å². The number of benzene rings is 8. The Balaban J connectivity index is 1.13. The van der Waals surface area contributed by atoms with Crippen molar-refractivity contribution in [1.82, 2.24) is 19.9 Å². The summed E-state index contributed by atoms with van der Waals surface area (Å²) in [6, 6.07) is 58.8. The molecule has 0 unspecified atom stereocenters. The fourth-order valence-corrected chi connectivity index (χ4v) is 8.51. The molecular weight excluding hydrogens is 681 g/mol.